The van der Waals surface area contributed by atoms with Crippen molar-refractivity contribution in [1.82, 2.24) is 19.8 Å². The number of hydrogen-bond acceptors (Lipinski definition) is 8. The third-order valence-electron chi connectivity index (χ3n) is 8.18. The summed E-state index contributed by atoms with van der Waals surface area (Å²) in [6.45, 7) is 7.69. The van der Waals surface area contributed by atoms with E-state index in [0.29, 0.717) is 28.5 Å². The maximum Gasteiger partial charge on any atom is 0.273 e. The van der Waals surface area contributed by atoms with Crippen molar-refractivity contribution in [2.24, 2.45) is 5.92 Å². The molecule has 5 heterocycles. The molecule has 1 aromatic carbocycles. The first kappa shape index (κ1) is 26.6. The Balaban J connectivity index is 1.08. The lowest BCUT2D eigenvalue weighted by Gasteiger charge is -2.35. The number of sulfonamides is 1. The Morgan fingerprint density at radius 2 is 1.93 bits per heavy atom. The molecule has 0 bridgehead atoms. The zero-order chi connectivity index (χ0) is 27.1. The first-order valence-corrected chi connectivity index (χ1v) is 17.4. The summed E-state index contributed by atoms with van der Waals surface area (Å²) in [5, 5.41) is 3.75. The topological polar surface area (TPSA) is 81.8 Å². The van der Waals surface area contributed by atoms with Crippen LogP contribution in [0.2, 0.25) is 0 Å². The number of fused-ring (bicyclic) bond motifs is 1. The molecule has 1 N–H and O–H groups in total. The predicted molar refractivity (Wildman–Crippen MR) is 162 cm³/mol. The summed E-state index contributed by atoms with van der Waals surface area (Å²) < 4.78 is 35.2. The third-order valence-corrected chi connectivity index (χ3v) is 12.3. The van der Waals surface area contributed by atoms with Gasteiger partial charge in [-0.15, -0.1) is 22.7 Å². The van der Waals surface area contributed by atoms with E-state index < -0.39 is 10.0 Å². The number of benzene rings is 1. The van der Waals surface area contributed by atoms with E-state index in [0.717, 1.165) is 80.3 Å². The second-order valence-corrected chi connectivity index (χ2v) is 15.3. The van der Waals surface area contributed by atoms with Gasteiger partial charge in [-0.1, -0.05) is 18.2 Å². The van der Waals surface area contributed by atoms with Crippen LogP contribution in [-0.4, -0.2) is 80.2 Å². The molecule has 0 radical (unpaired) electrons. The molecule has 212 valence electrons. The number of piperazine rings is 1. The summed E-state index contributed by atoms with van der Waals surface area (Å²) in [7, 11) is -3.63. The van der Waals surface area contributed by atoms with Crippen molar-refractivity contribution in [3.05, 3.63) is 52.9 Å². The van der Waals surface area contributed by atoms with Crippen LogP contribution in [0.5, 0.6) is 0 Å². The van der Waals surface area contributed by atoms with Crippen LogP contribution in [-0.2, 0) is 21.3 Å². The van der Waals surface area contributed by atoms with Gasteiger partial charge in [0.1, 0.15) is 9.22 Å². The molecule has 1 atom stereocenters. The van der Waals surface area contributed by atoms with E-state index in [1.54, 1.807) is 27.8 Å². The molecule has 3 aromatic heterocycles. The third kappa shape index (κ3) is 5.60. The van der Waals surface area contributed by atoms with Gasteiger partial charge in [-0.25, -0.2) is 13.4 Å². The Morgan fingerprint density at radius 3 is 2.67 bits per heavy atom. The fourth-order valence-electron chi connectivity index (χ4n) is 5.77. The monoisotopic (exact) mass is 597 g/mol. The summed E-state index contributed by atoms with van der Waals surface area (Å²) in [6.07, 6.45) is 6.96. The minimum absolute atomic E-state index is 0.384. The second kappa shape index (κ2) is 11.2. The van der Waals surface area contributed by atoms with E-state index in [-0.39, 0.29) is 0 Å². The first-order valence-electron chi connectivity index (χ1n) is 14.2. The van der Waals surface area contributed by atoms with E-state index >= 15 is 0 Å². The summed E-state index contributed by atoms with van der Waals surface area (Å²) in [6, 6.07) is 11.5. The van der Waals surface area contributed by atoms with Gasteiger partial charge in [0, 0.05) is 68.9 Å². The molecule has 40 heavy (non-hydrogen) atoms. The van der Waals surface area contributed by atoms with Crippen molar-refractivity contribution in [2.45, 2.75) is 42.5 Å². The fraction of sp³-hybridized carbons (Fsp3) is 0.483. The predicted octanol–water partition coefficient (Wildman–Crippen LogP) is 5.25. The van der Waals surface area contributed by atoms with Crippen LogP contribution >= 0.6 is 22.7 Å². The maximum absolute atomic E-state index is 13.7. The average molecular weight is 598 g/mol. The van der Waals surface area contributed by atoms with E-state index in [1.807, 2.05) is 29.8 Å². The summed E-state index contributed by atoms with van der Waals surface area (Å²) in [5.41, 5.74) is 2.49. The maximum atomic E-state index is 13.7. The number of H-pyrrole nitrogens is 1. The summed E-state index contributed by atoms with van der Waals surface area (Å²) in [4.78, 5) is 14.6. The molecule has 0 amide bonds. The Hall–Kier alpha value is -2.28. The van der Waals surface area contributed by atoms with Crippen molar-refractivity contribution in [1.29, 1.82) is 0 Å². The van der Waals surface area contributed by atoms with Crippen molar-refractivity contribution in [2.75, 3.05) is 50.2 Å². The molecule has 1 saturated carbocycles. The fourth-order valence-corrected chi connectivity index (χ4v) is 9.36. The summed E-state index contributed by atoms with van der Waals surface area (Å²) in [5.74, 6) is 0.416. The Labute approximate surface area is 243 Å². The van der Waals surface area contributed by atoms with Gasteiger partial charge in [-0.2, -0.15) is 0 Å². The lowest BCUT2D eigenvalue weighted by Crippen LogP contribution is -2.47. The number of thiazole rings is 1. The minimum atomic E-state index is -3.63. The number of rotatable bonds is 10. The molecule has 8 nitrogen and oxygen atoms in total. The molecular formula is C29H35N5O3S3. The smallest absolute Gasteiger partial charge is 0.273 e. The van der Waals surface area contributed by atoms with E-state index in [1.165, 1.54) is 29.1 Å². The SMILES string of the molecule is O=S(=O)(c1cccs1)N(CC1CC1)c1cccc2cc(-c3ncc(CN4CCN(CC5CCCO5)CC4)s3)[nH]c12. The molecule has 2 saturated heterocycles. The van der Waals surface area contributed by atoms with Gasteiger partial charge in [0.25, 0.3) is 10.0 Å². The van der Waals surface area contributed by atoms with Crippen LogP contribution in [0.3, 0.4) is 0 Å². The van der Waals surface area contributed by atoms with E-state index in [9.17, 15) is 8.42 Å². The lowest BCUT2D eigenvalue weighted by atomic mass is 10.2. The highest BCUT2D eigenvalue weighted by Gasteiger charge is 2.34. The normalized spacial score (nSPS) is 20.9. The number of hydrogen-bond donors (Lipinski definition) is 1. The van der Waals surface area contributed by atoms with Crippen LogP contribution in [0.15, 0.2) is 52.2 Å². The van der Waals surface area contributed by atoms with Gasteiger partial charge in [0.15, 0.2) is 0 Å². The number of nitrogens with zero attached hydrogens (tertiary/aromatic N) is 4. The standard InChI is InChI=1S/C29H35N5O3S3/c35-40(36,27-7-3-15-38-27)34(18-21-8-9-21)26-6-1-4-22-16-25(31-28(22)26)29-30-17-24(39-29)20-33-12-10-32(11-13-33)19-23-5-2-14-37-23/h1,3-4,6-7,15-17,21,23,31H,2,5,8-14,18-20H2. The van der Waals surface area contributed by atoms with Gasteiger partial charge in [-0.3, -0.25) is 14.1 Å². The molecule has 3 aliphatic rings. The van der Waals surface area contributed by atoms with Crippen LogP contribution in [0, 0.1) is 5.92 Å². The molecule has 1 aliphatic carbocycles. The van der Waals surface area contributed by atoms with E-state index in [2.05, 4.69) is 20.9 Å². The highest BCUT2D eigenvalue weighted by molar-refractivity contribution is 7.94. The zero-order valence-corrected chi connectivity index (χ0v) is 24.9. The van der Waals surface area contributed by atoms with Crippen molar-refractivity contribution >= 4 is 49.3 Å². The molecule has 1 unspecified atom stereocenters. The average Bonchev–Trinajstić information content (AvgIpc) is 3.48. The van der Waals surface area contributed by atoms with E-state index in [4.69, 9.17) is 9.72 Å². The molecule has 3 fully saturated rings. The molecule has 2 aliphatic heterocycles. The molecule has 4 aromatic rings. The number of ether oxygens (including phenoxy) is 1. The number of para-hydroxylation sites is 1. The van der Waals surface area contributed by atoms with Crippen molar-refractivity contribution in [3.8, 4) is 10.7 Å². The Morgan fingerprint density at radius 1 is 1.07 bits per heavy atom. The van der Waals surface area contributed by atoms with Crippen molar-refractivity contribution in [3.63, 3.8) is 0 Å². The number of anilines is 1. The largest absolute Gasteiger partial charge is 0.377 e. The van der Waals surface area contributed by atoms with Crippen molar-refractivity contribution < 1.29 is 13.2 Å². The molecular weight excluding hydrogens is 563 g/mol. The van der Waals surface area contributed by atoms with Crippen LogP contribution in [0.1, 0.15) is 30.6 Å². The Kier molecular flexibility index (Phi) is 7.44. The van der Waals surface area contributed by atoms with Gasteiger partial charge in [0.2, 0.25) is 0 Å². The molecule has 0 spiro atoms. The van der Waals surface area contributed by atoms with Gasteiger partial charge in [0.05, 0.1) is 23.0 Å². The second-order valence-electron chi connectivity index (χ2n) is 11.2. The molecule has 11 heteroatoms. The minimum Gasteiger partial charge on any atom is -0.377 e. The van der Waals surface area contributed by atoms with Gasteiger partial charge in [-0.05, 0) is 55.2 Å². The number of aromatic amines is 1. The molecule has 7 rings (SSSR count). The number of aromatic nitrogens is 2. The Bertz CT molecular complexity index is 1550. The summed E-state index contributed by atoms with van der Waals surface area (Å²) >= 11 is 2.98. The zero-order valence-electron chi connectivity index (χ0n) is 22.5. The van der Waals surface area contributed by atoms with Crippen LogP contribution in [0.4, 0.5) is 5.69 Å². The quantitative estimate of drug-likeness (QED) is 0.269. The first-order chi connectivity index (χ1) is 19.5. The van der Waals surface area contributed by atoms with Crippen LogP contribution in [0.25, 0.3) is 21.6 Å². The highest BCUT2D eigenvalue weighted by Crippen LogP contribution is 2.39. The number of nitrogens with one attached hydrogen (secondary N) is 1. The lowest BCUT2D eigenvalue weighted by molar-refractivity contribution is 0.0491. The van der Waals surface area contributed by atoms with Crippen LogP contribution < -0.4 is 4.31 Å². The number of thiophene rings is 1. The van der Waals surface area contributed by atoms with Gasteiger partial charge >= 0.3 is 0 Å². The van der Waals surface area contributed by atoms with Gasteiger partial charge < -0.3 is 9.72 Å². The highest BCUT2D eigenvalue weighted by atomic mass is 32.2.